The molecule has 1 amide bonds. The average molecular weight is 494 g/mol. The summed E-state index contributed by atoms with van der Waals surface area (Å²) in [6.07, 6.45) is 0. The predicted octanol–water partition coefficient (Wildman–Crippen LogP) is 6.69. The summed E-state index contributed by atoms with van der Waals surface area (Å²) in [5.74, 6) is 0.403. The normalized spacial score (nSPS) is 10.5. The molecule has 4 nitrogen and oxygen atoms in total. The van der Waals surface area contributed by atoms with E-state index in [-0.39, 0.29) is 12.5 Å². The van der Waals surface area contributed by atoms with Crippen LogP contribution in [0.5, 0.6) is 5.75 Å². The van der Waals surface area contributed by atoms with E-state index in [1.54, 1.807) is 12.1 Å². The molecule has 0 heterocycles. The van der Waals surface area contributed by atoms with Gasteiger partial charge in [-0.2, -0.15) is 0 Å². The second-order valence-electron chi connectivity index (χ2n) is 6.44. The summed E-state index contributed by atoms with van der Waals surface area (Å²) in [6, 6.07) is 18.6. The fraction of sp³-hybridized carbons (Fsp3) is 0.136. The fourth-order valence-electron chi connectivity index (χ4n) is 2.61. The molecule has 0 atom stereocenters. The Labute approximate surface area is 188 Å². The maximum atomic E-state index is 12.2. The Morgan fingerprint density at radius 3 is 2.41 bits per heavy atom. The Balaban J connectivity index is 1.62. The summed E-state index contributed by atoms with van der Waals surface area (Å²) >= 11 is 15.5. The number of benzene rings is 3. The lowest BCUT2D eigenvalue weighted by Crippen LogP contribution is -2.20. The Kier molecular flexibility index (Phi) is 7.42. The van der Waals surface area contributed by atoms with E-state index >= 15 is 0 Å². The lowest BCUT2D eigenvalue weighted by molar-refractivity contribution is -0.118. The Hall–Kier alpha value is -2.21. The maximum absolute atomic E-state index is 12.2. The molecule has 0 spiro atoms. The number of nitrogens with one attached hydrogen (secondary N) is 2. The molecule has 0 aliphatic heterocycles. The van der Waals surface area contributed by atoms with Gasteiger partial charge in [0.15, 0.2) is 6.61 Å². The zero-order valence-corrected chi connectivity index (χ0v) is 18.7. The number of hydrogen-bond donors (Lipinski definition) is 2. The van der Waals surface area contributed by atoms with Crippen LogP contribution in [-0.4, -0.2) is 12.5 Å². The Morgan fingerprint density at radius 2 is 1.69 bits per heavy atom. The first kappa shape index (κ1) is 21.5. The summed E-state index contributed by atoms with van der Waals surface area (Å²) in [4.78, 5) is 12.2. The van der Waals surface area contributed by atoms with Gasteiger partial charge in [0.25, 0.3) is 5.91 Å². The largest absolute Gasteiger partial charge is 0.483 e. The van der Waals surface area contributed by atoms with Crippen LogP contribution in [0.1, 0.15) is 11.1 Å². The number of rotatable bonds is 7. The van der Waals surface area contributed by atoms with Crippen LogP contribution in [0.15, 0.2) is 65.1 Å². The van der Waals surface area contributed by atoms with E-state index in [2.05, 4.69) is 26.6 Å². The first-order valence-corrected chi connectivity index (χ1v) is 10.4. The van der Waals surface area contributed by atoms with Crippen LogP contribution in [0.25, 0.3) is 0 Å². The average Bonchev–Trinajstić information content (AvgIpc) is 2.70. The highest BCUT2D eigenvalue weighted by Gasteiger charge is 2.09. The molecular formula is C22H19BrCl2N2O2. The summed E-state index contributed by atoms with van der Waals surface area (Å²) < 4.78 is 6.68. The van der Waals surface area contributed by atoms with E-state index in [0.29, 0.717) is 22.3 Å². The van der Waals surface area contributed by atoms with Crippen LogP contribution < -0.4 is 15.4 Å². The molecule has 0 saturated heterocycles. The van der Waals surface area contributed by atoms with Crippen molar-refractivity contribution in [1.29, 1.82) is 0 Å². The number of halogens is 3. The standard InChI is InChI=1S/C22H19BrCl2N2O2/c1-14-2-5-17(6-3-14)27-22(28)13-29-21-9-4-16(23)10-15(21)12-26-18-7-8-19(24)20(25)11-18/h2-11,26H,12-13H2,1H3,(H,27,28). The van der Waals surface area contributed by atoms with Crippen molar-refractivity contribution in [2.24, 2.45) is 0 Å². The first-order valence-electron chi connectivity index (χ1n) is 8.87. The molecule has 0 unspecified atom stereocenters. The molecule has 3 rings (SSSR count). The van der Waals surface area contributed by atoms with Crippen LogP contribution in [-0.2, 0) is 11.3 Å². The molecular weight excluding hydrogens is 475 g/mol. The molecule has 7 heteroatoms. The third kappa shape index (κ3) is 6.39. The zero-order valence-electron chi connectivity index (χ0n) is 15.6. The lowest BCUT2D eigenvalue weighted by atomic mass is 10.2. The van der Waals surface area contributed by atoms with Gasteiger partial charge in [0.2, 0.25) is 0 Å². The molecule has 150 valence electrons. The van der Waals surface area contributed by atoms with Crippen molar-refractivity contribution in [3.63, 3.8) is 0 Å². The summed E-state index contributed by atoms with van der Waals surface area (Å²) in [6.45, 7) is 2.40. The first-order chi connectivity index (χ1) is 13.9. The minimum atomic E-state index is -0.222. The van der Waals surface area contributed by atoms with Gasteiger partial charge in [0.1, 0.15) is 5.75 Å². The number of hydrogen-bond acceptors (Lipinski definition) is 3. The third-order valence-electron chi connectivity index (χ3n) is 4.12. The highest BCUT2D eigenvalue weighted by molar-refractivity contribution is 9.10. The van der Waals surface area contributed by atoms with Crippen molar-refractivity contribution >= 4 is 56.4 Å². The van der Waals surface area contributed by atoms with Gasteiger partial charge in [-0.05, 0) is 55.5 Å². The minimum absolute atomic E-state index is 0.0880. The lowest BCUT2D eigenvalue weighted by Gasteiger charge is -2.14. The number of ether oxygens (including phenoxy) is 1. The topological polar surface area (TPSA) is 50.4 Å². The molecule has 0 aromatic heterocycles. The Morgan fingerprint density at radius 1 is 0.966 bits per heavy atom. The van der Waals surface area contributed by atoms with Crippen molar-refractivity contribution < 1.29 is 9.53 Å². The van der Waals surface area contributed by atoms with Crippen LogP contribution in [0.3, 0.4) is 0 Å². The van der Waals surface area contributed by atoms with Crippen molar-refractivity contribution in [3.05, 3.63) is 86.3 Å². The van der Waals surface area contributed by atoms with Crippen molar-refractivity contribution in [2.45, 2.75) is 13.5 Å². The third-order valence-corrected chi connectivity index (χ3v) is 5.35. The van der Waals surface area contributed by atoms with Gasteiger partial charge in [-0.25, -0.2) is 0 Å². The van der Waals surface area contributed by atoms with Crippen molar-refractivity contribution in [3.8, 4) is 5.75 Å². The SMILES string of the molecule is Cc1ccc(NC(=O)COc2ccc(Br)cc2CNc2ccc(Cl)c(Cl)c2)cc1. The van der Waals surface area contributed by atoms with Gasteiger partial charge in [-0.1, -0.05) is 56.8 Å². The summed E-state index contributed by atoms with van der Waals surface area (Å²) in [7, 11) is 0. The number of aryl methyl sites for hydroxylation is 1. The fourth-order valence-corrected chi connectivity index (χ4v) is 3.31. The minimum Gasteiger partial charge on any atom is -0.483 e. The van der Waals surface area contributed by atoms with Gasteiger partial charge in [-0.3, -0.25) is 4.79 Å². The monoisotopic (exact) mass is 492 g/mol. The molecule has 0 radical (unpaired) electrons. The van der Waals surface area contributed by atoms with Crippen LogP contribution in [0.4, 0.5) is 11.4 Å². The molecule has 0 fully saturated rings. The van der Waals surface area contributed by atoms with E-state index in [1.807, 2.05) is 55.5 Å². The van der Waals surface area contributed by atoms with Gasteiger partial charge in [0.05, 0.1) is 10.0 Å². The van der Waals surface area contributed by atoms with E-state index in [9.17, 15) is 4.79 Å². The van der Waals surface area contributed by atoms with Crippen molar-refractivity contribution in [2.75, 3.05) is 17.2 Å². The number of carbonyl (C=O) groups excluding carboxylic acids is 1. The summed E-state index contributed by atoms with van der Waals surface area (Å²) in [5, 5.41) is 7.09. The van der Waals surface area contributed by atoms with E-state index in [1.165, 1.54) is 0 Å². The number of carbonyl (C=O) groups is 1. The van der Waals surface area contributed by atoms with E-state index in [0.717, 1.165) is 27.0 Å². The van der Waals surface area contributed by atoms with Gasteiger partial charge in [0, 0.05) is 28.0 Å². The molecule has 0 aliphatic carbocycles. The van der Waals surface area contributed by atoms with Gasteiger partial charge in [-0.15, -0.1) is 0 Å². The molecule has 0 saturated carbocycles. The van der Waals surface area contributed by atoms with Gasteiger partial charge >= 0.3 is 0 Å². The van der Waals surface area contributed by atoms with Crippen LogP contribution in [0, 0.1) is 6.92 Å². The second-order valence-corrected chi connectivity index (χ2v) is 8.17. The summed E-state index contributed by atoms with van der Waals surface area (Å²) in [5.41, 5.74) is 3.60. The number of anilines is 2. The predicted molar refractivity (Wildman–Crippen MR) is 123 cm³/mol. The molecule has 29 heavy (non-hydrogen) atoms. The number of amides is 1. The molecule has 0 bridgehead atoms. The Bertz CT molecular complexity index is 1010. The van der Waals surface area contributed by atoms with E-state index < -0.39 is 0 Å². The van der Waals surface area contributed by atoms with Crippen LogP contribution >= 0.6 is 39.1 Å². The molecule has 3 aromatic rings. The quantitative estimate of drug-likeness (QED) is 0.385. The maximum Gasteiger partial charge on any atom is 0.262 e. The smallest absolute Gasteiger partial charge is 0.262 e. The van der Waals surface area contributed by atoms with E-state index in [4.69, 9.17) is 27.9 Å². The van der Waals surface area contributed by atoms with Crippen molar-refractivity contribution in [1.82, 2.24) is 0 Å². The molecule has 3 aromatic carbocycles. The highest BCUT2D eigenvalue weighted by Crippen LogP contribution is 2.27. The van der Waals surface area contributed by atoms with Crippen LogP contribution in [0.2, 0.25) is 10.0 Å². The highest BCUT2D eigenvalue weighted by atomic mass is 79.9. The van der Waals surface area contributed by atoms with Gasteiger partial charge < -0.3 is 15.4 Å². The second kappa shape index (κ2) is 10.0. The zero-order chi connectivity index (χ0) is 20.8. The molecule has 0 aliphatic rings. The molecule has 2 N–H and O–H groups in total.